The minimum Gasteiger partial charge on any atom is -0.490 e. The van der Waals surface area contributed by atoms with Gasteiger partial charge in [-0.2, -0.15) is 4.98 Å². The van der Waals surface area contributed by atoms with E-state index in [0.717, 1.165) is 0 Å². The largest absolute Gasteiger partial charge is 0.490 e. The van der Waals surface area contributed by atoms with Crippen LogP contribution in [0.15, 0.2) is 12.9 Å². The fraction of sp³-hybridized carbons (Fsp3) is 0. The van der Waals surface area contributed by atoms with Crippen molar-refractivity contribution in [3.8, 4) is 11.8 Å². The summed E-state index contributed by atoms with van der Waals surface area (Å²) in [4.78, 5) is 3.38. The van der Waals surface area contributed by atoms with Crippen molar-refractivity contribution in [3.63, 3.8) is 0 Å². The van der Waals surface area contributed by atoms with E-state index < -0.39 is 0 Å². The number of hydrogen-bond donors (Lipinski definition) is 2. The second-order valence-electron chi connectivity index (χ2n) is 1.48. The zero-order chi connectivity index (χ0) is 6.85. The number of rotatable bonds is 1. The Morgan fingerprint density at radius 3 is 2.56 bits per heavy atom. The minimum atomic E-state index is -0.380. The van der Waals surface area contributed by atoms with E-state index in [4.69, 9.17) is 10.2 Å². The fourth-order valence-electron chi connectivity index (χ4n) is 0.478. The van der Waals surface area contributed by atoms with Crippen LogP contribution < -0.4 is 0 Å². The Hall–Kier alpha value is -1.45. The number of hydrogen-bond acceptors (Lipinski definition) is 3. The smallest absolute Gasteiger partial charge is 0.275 e. The van der Waals surface area contributed by atoms with Gasteiger partial charge >= 0.3 is 0 Å². The van der Waals surface area contributed by atoms with Gasteiger partial charge in [0.2, 0.25) is 0 Å². The van der Waals surface area contributed by atoms with Crippen LogP contribution in [0.4, 0.5) is 0 Å². The molecule has 48 valence electrons. The molecule has 4 nitrogen and oxygen atoms in total. The second kappa shape index (κ2) is 1.81. The molecule has 0 saturated heterocycles. The van der Waals surface area contributed by atoms with Crippen LogP contribution in [0.1, 0.15) is 0 Å². The molecule has 0 aliphatic heterocycles. The van der Waals surface area contributed by atoms with Gasteiger partial charge in [-0.25, -0.2) is 0 Å². The van der Waals surface area contributed by atoms with Crippen LogP contribution >= 0.6 is 0 Å². The Balaban J connectivity index is 3.18. The Morgan fingerprint density at radius 1 is 1.67 bits per heavy atom. The average Bonchev–Trinajstić information content (AvgIpc) is 2.15. The topological polar surface area (TPSA) is 58.3 Å². The molecule has 0 aliphatic rings. The number of imidazole rings is 1. The summed E-state index contributed by atoms with van der Waals surface area (Å²) in [6.07, 6.45) is 2.60. The van der Waals surface area contributed by atoms with Gasteiger partial charge in [-0.1, -0.05) is 6.58 Å². The minimum absolute atomic E-state index is 0.287. The van der Waals surface area contributed by atoms with E-state index in [0.29, 0.717) is 0 Å². The van der Waals surface area contributed by atoms with E-state index in [-0.39, 0.29) is 11.8 Å². The van der Waals surface area contributed by atoms with Gasteiger partial charge in [-0.15, -0.1) is 0 Å². The molecule has 0 spiro atoms. The van der Waals surface area contributed by atoms with E-state index in [9.17, 15) is 0 Å². The van der Waals surface area contributed by atoms with Crippen molar-refractivity contribution >= 4 is 6.20 Å². The highest BCUT2D eigenvalue weighted by Gasteiger charge is 2.02. The molecule has 1 rings (SSSR count). The van der Waals surface area contributed by atoms with Crippen LogP contribution in [0.5, 0.6) is 11.8 Å². The zero-order valence-corrected chi connectivity index (χ0v) is 4.65. The highest BCUT2D eigenvalue weighted by Crippen LogP contribution is 2.20. The van der Waals surface area contributed by atoms with Crippen LogP contribution in [-0.4, -0.2) is 19.8 Å². The Bertz CT molecular complexity index is 229. The first kappa shape index (κ1) is 5.68. The molecule has 1 aromatic heterocycles. The Labute approximate surface area is 51.7 Å². The highest BCUT2D eigenvalue weighted by atomic mass is 16.3. The Kier molecular flexibility index (Phi) is 1.14. The lowest BCUT2D eigenvalue weighted by Gasteiger charge is -1.90. The molecule has 0 radical (unpaired) electrons. The summed E-state index contributed by atoms with van der Waals surface area (Å²) in [5.41, 5.74) is 0. The van der Waals surface area contributed by atoms with Crippen LogP contribution in [0, 0.1) is 0 Å². The third-order valence-corrected chi connectivity index (χ3v) is 0.946. The van der Waals surface area contributed by atoms with E-state index in [1.807, 2.05) is 0 Å². The molecule has 0 amide bonds. The number of nitrogens with zero attached hydrogens (tertiary/aromatic N) is 2. The van der Waals surface area contributed by atoms with Crippen molar-refractivity contribution in [1.29, 1.82) is 0 Å². The van der Waals surface area contributed by atoms with Gasteiger partial charge in [0.05, 0.1) is 0 Å². The first-order valence-corrected chi connectivity index (χ1v) is 2.33. The summed E-state index contributed by atoms with van der Waals surface area (Å²) in [7, 11) is 0. The average molecular weight is 126 g/mol. The molecule has 1 heterocycles. The molecule has 4 heteroatoms. The molecule has 9 heavy (non-hydrogen) atoms. The summed E-state index contributed by atoms with van der Waals surface area (Å²) in [6.45, 7) is 3.36. The SMILES string of the molecule is C=Cn1cnc(O)c1O. The zero-order valence-electron chi connectivity index (χ0n) is 4.65. The van der Waals surface area contributed by atoms with Gasteiger partial charge in [0.25, 0.3) is 11.8 Å². The highest BCUT2D eigenvalue weighted by molar-refractivity contribution is 5.33. The lowest BCUT2D eigenvalue weighted by atomic mass is 10.7. The number of aromatic hydroxyl groups is 2. The molecule has 0 fully saturated rings. The second-order valence-corrected chi connectivity index (χ2v) is 1.48. The summed E-state index contributed by atoms with van der Waals surface area (Å²) < 4.78 is 1.20. The molecule has 0 saturated carbocycles. The van der Waals surface area contributed by atoms with Crippen LogP contribution in [0.2, 0.25) is 0 Å². The molecular formula is C5H6N2O2. The molecule has 2 N–H and O–H groups in total. The van der Waals surface area contributed by atoms with E-state index in [1.54, 1.807) is 0 Å². The lowest BCUT2D eigenvalue weighted by Crippen LogP contribution is -1.78. The van der Waals surface area contributed by atoms with E-state index in [1.165, 1.54) is 17.1 Å². The lowest BCUT2D eigenvalue weighted by molar-refractivity contribution is 0.381. The fourth-order valence-corrected chi connectivity index (χ4v) is 0.478. The summed E-state index contributed by atoms with van der Waals surface area (Å²) >= 11 is 0. The Morgan fingerprint density at radius 2 is 2.33 bits per heavy atom. The first-order chi connectivity index (χ1) is 4.25. The molecule has 0 aromatic carbocycles. The predicted molar refractivity (Wildman–Crippen MR) is 31.9 cm³/mol. The normalized spacial score (nSPS) is 9.33. The van der Waals surface area contributed by atoms with Crippen LogP contribution in [-0.2, 0) is 0 Å². The molecule has 0 atom stereocenters. The third kappa shape index (κ3) is 0.739. The first-order valence-electron chi connectivity index (χ1n) is 2.33. The molecule has 0 unspecified atom stereocenters. The molecule has 0 aliphatic carbocycles. The van der Waals surface area contributed by atoms with Crippen molar-refractivity contribution in [1.82, 2.24) is 9.55 Å². The molecular weight excluding hydrogens is 120 g/mol. The van der Waals surface area contributed by atoms with Crippen LogP contribution in [0.25, 0.3) is 6.20 Å². The van der Waals surface area contributed by atoms with Gasteiger partial charge in [-0.3, -0.25) is 4.57 Å². The summed E-state index contributed by atoms with van der Waals surface area (Å²) in [5.74, 6) is -0.667. The maximum atomic E-state index is 8.82. The number of aromatic nitrogens is 2. The van der Waals surface area contributed by atoms with Crippen LogP contribution in [0.3, 0.4) is 0 Å². The van der Waals surface area contributed by atoms with Crippen molar-refractivity contribution < 1.29 is 10.2 Å². The standard InChI is InChI=1S/C5H6N2O2/c1-2-7-3-6-4(8)5(7)9/h2-3,8-9H,1H2. The van der Waals surface area contributed by atoms with Crippen molar-refractivity contribution in [2.24, 2.45) is 0 Å². The molecule has 1 aromatic rings. The van der Waals surface area contributed by atoms with Gasteiger partial charge in [-0.05, 0) is 0 Å². The summed E-state index contributed by atoms with van der Waals surface area (Å²) in [6, 6.07) is 0. The van der Waals surface area contributed by atoms with Crippen molar-refractivity contribution in [2.75, 3.05) is 0 Å². The van der Waals surface area contributed by atoms with Gasteiger partial charge in [0.1, 0.15) is 6.33 Å². The van der Waals surface area contributed by atoms with Gasteiger partial charge in [0, 0.05) is 6.20 Å². The summed E-state index contributed by atoms with van der Waals surface area (Å²) in [5, 5.41) is 17.5. The quantitative estimate of drug-likeness (QED) is 0.572. The van der Waals surface area contributed by atoms with Crippen molar-refractivity contribution in [3.05, 3.63) is 12.9 Å². The van der Waals surface area contributed by atoms with Crippen molar-refractivity contribution in [2.45, 2.75) is 0 Å². The van der Waals surface area contributed by atoms with E-state index in [2.05, 4.69) is 11.6 Å². The third-order valence-electron chi connectivity index (χ3n) is 0.946. The maximum Gasteiger partial charge on any atom is 0.275 e. The monoisotopic (exact) mass is 126 g/mol. The predicted octanol–water partition coefficient (Wildman–Crippen LogP) is 0.395. The van der Waals surface area contributed by atoms with Gasteiger partial charge < -0.3 is 10.2 Å². The maximum absolute atomic E-state index is 8.82. The van der Waals surface area contributed by atoms with E-state index >= 15 is 0 Å². The molecule has 0 bridgehead atoms. The van der Waals surface area contributed by atoms with Gasteiger partial charge in [0.15, 0.2) is 0 Å².